The van der Waals surface area contributed by atoms with E-state index in [1.807, 2.05) is 43.3 Å². The van der Waals surface area contributed by atoms with E-state index in [1.54, 1.807) is 6.07 Å². The lowest BCUT2D eigenvalue weighted by molar-refractivity contribution is -0.113. The monoisotopic (exact) mass is 361 g/mol. The number of thioether (sulfide) groups is 1. The van der Waals surface area contributed by atoms with Gasteiger partial charge in [0.25, 0.3) is 0 Å². The Balaban J connectivity index is 1.62. The summed E-state index contributed by atoms with van der Waals surface area (Å²) in [4.78, 5) is 19.7. The number of carbonyl (C=O) groups excluding carboxylic acids is 1. The molecule has 0 saturated carbocycles. The molecule has 0 radical (unpaired) electrons. The number of nitrogens with one attached hydrogen (secondary N) is 2. The number of amides is 1. The smallest absolute Gasteiger partial charge is 0.234 e. The van der Waals surface area contributed by atoms with E-state index in [1.165, 1.54) is 11.8 Å². The average molecular weight is 362 g/mol. The van der Waals surface area contributed by atoms with Gasteiger partial charge < -0.3 is 15.0 Å². The number of para-hydroxylation sites is 2. The van der Waals surface area contributed by atoms with E-state index in [4.69, 9.17) is 16.3 Å². The van der Waals surface area contributed by atoms with Gasteiger partial charge in [-0.25, -0.2) is 4.98 Å². The summed E-state index contributed by atoms with van der Waals surface area (Å²) >= 11 is 7.29. The van der Waals surface area contributed by atoms with Gasteiger partial charge >= 0.3 is 0 Å². The van der Waals surface area contributed by atoms with Crippen LogP contribution in [0.2, 0.25) is 5.02 Å². The molecule has 1 heterocycles. The van der Waals surface area contributed by atoms with Crippen molar-refractivity contribution in [3.8, 4) is 5.75 Å². The number of ether oxygens (including phenoxy) is 1. The molecule has 0 bridgehead atoms. The van der Waals surface area contributed by atoms with Gasteiger partial charge in [0.1, 0.15) is 5.75 Å². The number of halogens is 1. The minimum absolute atomic E-state index is 0.120. The largest absolute Gasteiger partial charge is 0.492 e. The maximum atomic E-state index is 12.2. The summed E-state index contributed by atoms with van der Waals surface area (Å²) < 4.78 is 5.50. The highest BCUT2D eigenvalue weighted by Crippen LogP contribution is 2.25. The molecule has 5 nitrogen and oxygen atoms in total. The molecule has 1 aromatic heterocycles. The first kappa shape index (κ1) is 16.7. The molecule has 0 atom stereocenters. The fourth-order valence-corrected chi connectivity index (χ4v) is 3.06. The van der Waals surface area contributed by atoms with Crippen molar-refractivity contribution in [1.82, 2.24) is 9.97 Å². The first-order valence-corrected chi connectivity index (χ1v) is 8.82. The molecule has 0 aliphatic rings. The van der Waals surface area contributed by atoms with Gasteiger partial charge in [0, 0.05) is 5.02 Å². The fourth-order valence-electron chi connectivity index (χ4n) is 2.20. The van der Waals surface area contributed by atoms with E-state index in [0.29, 0.717) is 28.2 Å². The average Bonchev–Trinajstić information content (AvgIpc) is 2.97. The third-order valence-corrected chi connectivity index (χ3v) is 4.33. The summed E-state index contributed by atoms with van der Waals surface area (Å²) in [5.41, 5.74) is 2.34. The Labute approximate surface area is 148 Å². The summed E-state index contributed by atoms with van der Waals surface area (Å²) in [6.07, 6.45) is 0. The quantitative estimate of drug-likeness (QED) is 0.641. The molecular weight excluding hydrogens is 346 g/mol. The Morgan fingerprint density at radius 3 is 3.00 bits per heavy atom. The number of anilines is 1. The molecule has 2 N–H and O–H groups in total. The lowest BCUT2D eigenvalue weighted by Crippen LogP contribution is -2.15. The van der Waals surface area contributed by atoms with Crippen LogP contribution in [0.5, 0.6) is 5.75 Å². The van der Waals surface area contributed by atoms with E-state index in [2.05, 4.69) is 15.3 Å². The van der Waals surface area contributed by atoms with Crippen molar-refractivity contribution >= 4 is 46.0 Å². The molecule has 3 aromatic rings. The van der Waals surface area contributed by atoms with E-state index in [9.17, 15) is 4.79 Å². The fraction of sp³-hybridized carbons (Fsp3) is 0.176. The van der Waals surface area contributed by atoms with Crippen molar-refractivity contribution in [3.05, 3.63) is 47.5 Å². The van der Waals surface area contributed by atoms with Crippen molar-refractivity contribution in [2.45, 2.75) is 12.1 Å². The zero-order valence-electron chi connectivity index (χ0n) is 13.0. The van der Waals surface area contributed by atoms with Crippen LogP contribution in [0.25, 0.3) is 11.0 Å². The van der Waals surface area contributed by atoms with Crippen LogP contribution >= 0.6 is 23.4 Å². The van der Waals surface area contributed by atoms with Crippen LogP contribution < -0.4 is 10.1 Å². The van der Waals surface area contributed by atoms with E-state index < -0.39 is 0 Å². The lowest BCUT2D eigenvalue weighted by atomic mass is 10.3. The summed E-state index contributed by atoms with van der Waals surface area (Å²) in [6.45, 7) is 2.45. The second-order valence-electron chi connectivity index (χ2n) is 4.97. The van der Waals surface area contributed by atoms with Crippen LogP contribution in [0.15, 0.2) is 47.6 Å². The maximum absolute atomic E-state index is 12.2. The summed E-state index contributed by atoms with van der Waals surface area (Å²) in [5, 5.41) is 4.19. The van der Waals surface area contributed by atoms with Crippen LogP contribution in [0, 0.1) is 0 Å². The Morgan fingerprint density at radius 1 is 1.33 bits per heavy atom. The van der Waals surface area contributed by atoms with E-state index >= 15 is 0 Å². The van der Waals surface area contributed by atoms with Crippen molar-refractivity contribution in [3.63, 3.8) is 0 Å². The number of H-pyrrole nitrogens is 1. The van der Waals surface area contributed by atoms with E-state index in [0.717, 1.165) is 11.0 Å². The van der Waals surface area contributed by atoms with Crippen molar-refractivity contribution in [1.29, 1.82) is 0 Å². The van der Waals surface area contributed by atoms with Crippen molar-refractivity contribution < 1.29 is 9.53 Å². The standard InChI is InChI=1S/C17H16ClN3O2S/c1-2-23-15-6-4-3-5-13(15)19-16(22)10-24-17-20-12-8-7-11(18)9-14(12)21-17/h3-9H,2,10H2,1H3,(H,19,22)(H,20,21). The first-order chi connectivity index (χ1) is 11.7. The predicted octanol–water partition coefficient (Wildman–Crippen LogP) is 4.35. The minimum Gasteiger partial charge on any atom is -0.492 e. The zero-order valence-corrected chi connectivity index (χ0v) is 14.6. The Bertz CT molecular complexity index is 866. The lowest BCUT2D eigenvalue weighted by Gasteiger charge is -2.10. The molecule has 0 fully saturated rings. The molecule has 24 heavy (non-hydrogen) atoms. The molecule has 3 rings (SSSR count). The van der Waals surface area contributed by atoms with Crippen LogP contribution in [-0.4, -0.2) is 28.2 Å². The van der Waals surface area contributed by atoms with Gasteiger partial charge in [-0.2, -0.15) is 0 Å². The summed E-state index contributed by atoms with van der Waals surface area (Å²) in [7, 11) is 0. The molecule has 0 saturated heterocycles. The number of aromatic nitrogens is 2. The Morgan fingerprint density at radius 2 is 2.17 bits per heavy atom. The normalized spacial score (nSPS) is 10.8. The molecule has 0 aliphatic heterocycles. The molecule has 124 valence electrons. The van der Waals surface area contributed by atoms with Crippen molar-refractivity contribution in [2.75, 3.05) is 17.7 Å². The zero-order chi connectivity index (χ0) is 16.9. The predicted molar refractivity (Wildman–Crippen MR) is 98.1 cm³/mol. The molecule has 0 spiro atoms. The highest BCUT2D eigenvalue weighted by atomic mass is 35.5. The number of imidazole rings is 1. The van der Waals surface area contributed by atoms with Gasteiger partial charge in [0.15, 0.2) is 5.16 Å². The van der Waals surface area contributed by atoms with E-state index in [-0.39, 0.29) is 11.7 Å². The van der Waals surface area contributed by atoms with Crippen LogP contribution in [0.3, 0.4) is 0 Å². The van der Waals surface area contributed by atoms with Crippen LogP contribution in [0.4, 0.5) is 5.69 Å². The molecule has 0 unspecified atom stereocenters. The van der Waals surface area contributed by atoms with Gasteiger partial charge in [-0.05, 0) is 37.3 Å². The number of fused-ring (bicyclic) bond motifs is 1. The maximum Gasteiger partial charge on any atom is 0.234 e. The number of hydrogen-bond donors (Lipinski definition) is 2. The number of rotatable bonds is 6. The number of hydrogen-bond acceptors (Lipinski definition) is 4. The number of aromatic amines is 1. The highest BCUT2D eigenvalue weighted by molar-refractivity contribution is 7.99. The summed E-state index contributed by atoms with van der Waals surface area (Å²) in [6, 6.07) is 12.8. The number of carbonyl (C=O) groups is 1. The van der Waals surface area contributed by atoms with Gasteiger partial charge in [-0.3, -0.25) is 4.79 Å². The molecule has 1 amide bonds. The SMILES string of the molecule is CCOc1ccccc1NC(=O)CSc1nc2ccc(Cl)cc2[nH]1. The summed E-state index contributed by atoms with van der Waals surface area (Å²) in [5.74, 6) is 0.788. The van der Waals surface area contributed by atoms with Gasteiger partial charge in [-0.15, -0.1) is 0 Å². The first-order valence-electron chi connectivity index (χ1n) is 7.45. The molecule has 7 heteroatoms. The van der Waals surface area contributed by atoms with Gasteiger partial charge in [-0.1, -0.05) is 35.5 Å². The van der Waals surface area contributed by atoms with Gasteiger partial charge in [0.05, 0.1) is 29.1 Å². The molecular formula is C17H16ClN3O2S. The van der Waals surface area contributed by atoms with Crippen LogP contribution in [-0.2, 0) is 4.79 Å². The molecule has 0 aliphatic carbocycles. The molecule has 2 aromatic carbocycles. The van der Waals surface area contributed by atoms with Gasteiger partial charge in [0.2, 0.25) is 5.91 Å². The second-order valence-corrected chi connectivity index (χ2v) is 6.37. The van der Waals surface area contributed by atoms with Crippen LogP contribution in [0.1, 0.15) is 6.92 Å². The highest BCUT2D eigenvalue weighted by Gasteiger charge is 2.10. The minimum atomic E-state index is -0.120. The third-order valence-electron chi connectivity index (χ3n) is 3.22. The Kier molecular flexibility index (Phi) is 5.27. The third kappa shape index (κ3) is 4.01. The second kappa shape index (κ2) is 7.59. The topological polar surface area (TPSA) is 67.0 Å². The number of benzene rings is 2. The Hall–Kier alpha value is -2.18. The van der Waals surface area contributed by atoms with Crippen molar-refractivity contribution in [2.24, 2.45) is 0 Å². The number of nitrogens with zero attached hydrogens (tertiary/aromatic N) is 1.